The Bertz CT molecular complexity index is 861. The maximum Gasteiger partial charge on any atom is 0.119 e. The molecule has 0 bridgehead atoms. The Morgan fingerprint density at radius 1 is 0.909 bits per heavy atom. The summed E-state index contributed by atoms with van der Waals surface area (Å²) in [5.41, 5.74) is 2.83. The van der Waals surface area contributed by atoms with Gasteiger partial charge in [0.05, 0.1) is 12.7 Å². The van der Waals surface area contributed by atoms with Gasteiger partial charge in [-0.15, -0.1) is 24.8 Å². The molecule has 1 saturated heterocycles. The van der Waals surface area contributed by atoms with E-state index >= 15 is 0 Å². The molecule has 0 atom stereocenters. The first-order valence-corrected chi connectivity index (χ1v) is 11.7. The van der Waals surface area contributed by atoms with Gasteiger partial charge < -0.3 is 9.84 Å². The Hall–Kier alpha value is -1.56. The van der Waals surface area contributed by atoms with Gasteiger partial charge in [-0.3, -0.25) is 9.80 Å². The van der Waals surface area contributed by atoms with Crippen molar-refractivity contribution in [1.82, 2.24) is 9.80 Å². The second kappa shape index (κ2) is 13.4. The lowest BCUT2D eigenvalue weighted by molar-refractivity contribution is 0.0608. The number of ether oxygens (including phenoxy) is 1. The van der Waals surface area contributed by atoms with Gasteiger partial charge >= 0.3 is 0 Å². The molecule has 0 unspecified atom stereocenters. The van der Waals surface area contributed by atoms with Gasteiger partial charge in [-0.05, 0) is 41.7 Å². The molecule has 4 rings (SSSR count). The topological polar surface area (TPSA) is 35.9 Å². The molecule has 0 aromatic heterocycles. The third-order valence-corrected chi connectivity index (χ3v) is 6.83. The molecule has 2 aliphatic rings. The summed E-state index contributed by atoms with van der Waals surface area (Å²) in [6.07, 6.45) is 7.39. The SMILES string of the molecule is COc1cccc(C(=CCN2CCN(Cc3ccccc3)CC2)C2(O)CCCCC2)c1.Cl.Cl. The fourth-order valence-electron chi connectivity index (χ4n) is 4.97. The average molecular weight is 494 g/mol. The van der Waals surface area contributed by atoms with Crippen molar-refractivity contribution >= 4 is 30.4 Å². The van der Waals surface area contributed by atoms with Crippen molar-refractivity contribution in [3.8, 4) is 5.75 Å². The Labute approximate surface area is 211 Å². The van der Waals surface area contributed by atoms with E-state index in [1.165, 1.54) is 12.0 Å². The number of halogens is 2. The van der Waals surface area contributed by atoms with Crippen LogP contribution in [0.4, 0.5) is 0 Å². The fraction of sp³-hybridized carbons (Fsp3) is 0.481. The predicted molar refractivity (Wildman–Crippen MR) is 142 cm³/mol. The number of piperazine rings is 1. The lowest BCUT2D eigenvalue weighted by atomic mass is 9.76. The molecule has 0 spiro atoms. The molecule has 1 N–H and O–H groups in total. The Morgan fingerprint density at radius 3 is 2.24 bits per heavy atom. The van der Waals surface area contributed by atoms with E-state index in [1.54, 1.807) is 7.11 Å². The highest BCUT2D eigenvalue weighted by molar-refractivity contribution is 5.85. The van der Waals surface area contributed by atoms with Crippen molar-refractivity contribution in [3.05, 3.63) is 71.8 Å². The summed E-state index contributed by atoms with van der Waals surface area (Å²) < 4.78 is 5.46. The molecule has 182 valence electrons. The van der Waals surface area contributed by atoms with E-state index in [0.29, 0.717) is 0 Å². The van der Waals surface area contributed by atoms with Crippen LogP contribution in [0.15, 0.2) is 60.7 Å². The van der Waals surface area contributed by atoms with Crippen LogP contribution in [0, 0.1) is 0 Å². The summed E-state index contributed by atoms with van der Waals surface area (Å²) >= 11 is 0. The zero-order valence-electron chi connectivity index (χ0n) is 19.6. The molecule has 4 nitrogen and oxygen atoms in total. The maximum atomic E-state index is 11.5. The van der Waals surface area contributed by atoms with Crippen LogP contribution in [0.3, 0.4) is 0 Å². The Balaban J connectivity index is 0.00000193. The van der Waals surface area contributed by atoms with Crippen molar-refractivity contribution in [3.63, 3.8) is 0 Å². The smallest absolute Gasteiger partial charge is 0.119 e. The molecule has 2 aromatic rings. The minimum Gasteiger partial charge on any atom is -0.497 e. The highest BCUT2D eigenvalue weighted by atomic mass is 35.5. The summed E-state index contributed by atoms with van der Waals surface area (Å²) in [4.78, 5) is 5.04. The minimum atomic E-state index is -0.722. The Morgan fingerprint density at radius 2 is 1.58 bits per heavy atom. The normalized spacial score (nSPS) is 19.3. The molecule has 1 saturated carbocycles. The second-order valence-corrected chi connectivity index (χ2v) is 9.00. The molecule has 1 heterocycles. The molecule has 1 aliphatic heterocycles. The predicted octanol–water partition coefficient (Wildman–Crippen LogP) is 5.44. The largest absolute Gasteiger partial charge is 0.497 e. The van der Waals surface area contributed by atoms with E-state index in [-0.39, 0.29) is 24.8 Å². The average Bonchev–Trinajstić information content (AvgIpc) is 2.81. The molecule has 0 amide bonds. The zero-order valence-corrected chi connectivity index (χ0v) is 21.3. The molecule has 0 radical (unpaired) electrons. The second-order valence-electron chi connectivity index (χ2n) is 9.00. The van der Waals surface area contributed by atoms with Gasteiger partial charge in [-0.2, -0.15) is 0 Å². The van der Waals surface area contributed by atoms with Crippen molar-refractivity contribution in [2.45, 2.75) is 44.2 Å². The van der Waals surface area contributed by atoms with Gasteiger partial charge in [-0.25, -0.2) is 0 Å². The number of benzene rings is 2. The van der Waals surface area contributed by atoms with Crippen LogP contribution in [-0.2, 0) is 6.54 Å². The summed E-state index contributed by atoms with van der Waals surface area (Å²) in [5.74, 6) is 0.845. The Kier molecular flexibility index (Phi) is 11.2. The number of methoxy groups -OCH3 is 1. The number of hydrogen-bond acceptors (Lipinski definition) is 4. The molecule has 1 aliphatic carbocycles. The summed E-state index contributed by atoms with van der Waals surface area (Å²) in [7, 11) is 1.70. The van der Waals surface area contributed by atoms with Crippen molar-refractivity contribution in [1.29, 1.82) is 0 Å². The van der Waals surface area contributed by atoms with Crippen LogP contribution in [-0.4, -0.2) is 60.3 Å². The number of hydrogen-bond donors (Lipinski definition) is 1. The first-order valence-electron chi connectivity index (χ1n) is 11.7. The van der Waals surface area contributed by atoms with E-state index < -0.39 is 5.60 Å². The lowest BCUT2D eigenvalue weighted by Crippen LogP contribution is -2.46. The van der Waals surface area contributed by atoms with Gasteiger partial charge in [0.15, 0.2) is 0 Å². The zero-order chi connectivity index (χ0) is 21.5. The fourth-order valence-corrected chi connectivity index (χ4v) is 4.97. The first-order chi connectivity index (χ1) is 15.2. The summed E-state index contributed by atoms with van der Waals surface area (Å²) in [6.45, 7) is 6.21. The van der Waals surface area contributed by atoms with Gasteiger partial charge in [0.1, 0.15) is 5.75 Å². The molecular formula is C27H38Cl2N2O2. The highest BCUT2D eigenvalue weighted by Crippen LogP contribution is 2.40. The van der Waals surface area contributed by atoms with Gasteiger partial charge in [-0.1, -0.05) is 67.8 Å². The maximum absolute atomic E-state index is 11.5. The van der Waals surface area contributed by atoms with Crippen molar-refractivity contribution in [2.75, 3.05) is 39.8 Å². The van der Waals surface area contributed by atoms with Crippen LogP contribution in [0.5, 0.6) is 5.75 Å². The van der Waals surface area contributed by atoms with Gasteiger partial charge in [0, 0.05) is 39.3 Å². The van der Waals surface area contributed by atoms with Crippen molar-refractivity contribution < 1.29 is 9.84 Å². The van der Waals surface area contributed by atoms with E-state index in [9.17, 15) is 5.11 Å². The molecule has 6 heteroatoms. The summed E-state index contributed by atoms with van der Waals surface area (Å²) in [5, 5.41) is 11.5. The van der Waals surface area contributed by atoms with Gasteiger partial charge in [0.25, 0.3) is 0 Å². The number of rotatable bonds is 7. The third-order valence-electron chi connectivity index (χ3n) is 6.83. The van der Waals surface area contributed by atoms with E-state index in [2.05, 4.69) is 58.3 Å². The van der Waals surface area contributed by atoms with Crippen LogP contribution in [0.2, 0.25) is 0 Å². The third kappa shape index (κ3) is 7.46. The van der Waals surface area contributed by atoms with Gasteiger partial charge in [0.2, 0.25) is 0 Å². The van der Waals surface area contributed by atoms with Crippen LogP contribution >= 0.6 is 24.8 Å². The minimum absolute atomic E-state index is 0. The first kappa shape index (κ1) is 27.7. The van der Waals surface area contributed by atoms with Crippen LogP contribution in [0.25, 0.3) is 5.57 Å². The molecule has 33 heavy (non-hydrogen) atoms. The highest BCUT2D eigenvalue weighted by Gasteiger charge is 2.34. The number of nitrogens with zero attached hydrogens (tertiary/aromatic N) is 2. The van der Waals surface area contributed by atoms with E-state index in [1.807, 2.05) is 12.1 Å². The van der Waals surface area contributed by atoms with Crippen LogP contribution in [0.1, 0.15) is 43.2 Å². The molecular weight excluding hydrogens is 455 g/mol. The molecule has 2 fully saturated rings. The standard InChI is InChI=1S/C27H36N2O2.2ClH/c1-31-25-12-8-11-24(21-25)26(27(30)14-6-3-7-15-27)13-16-28-17-19-29(20-18-28)22-23-9-4-2-5-10-23;;/h2,4-5,8-13,21,30H,3,6-7,14-20,22H2,1H3;2*1H. The quantitative estimate of drug-likeness (QED) is 0.558. The van der Waals surface area contributed by atoms with E-state index in [0.717, 1.165) is 81.8 Å². The monoisotopic (exact) mass is 492 g/mol. The number of aliphatic hydroxyl groups is 1. The summed E-state index contributed by atoms with van der Waals surface area (Å²) in [6, 6.07) is 18.9. The van der Waals surface area contributed by atoms with Crippen LogP contribution < -0.4 is 4.74 Å². The molecule has 2 aromatic carbocycles. The lowest BCUT2D eigenvalue weighted by Gasteiger charge is -2.37. The van der Waals surface area contributed by atoms with Crippen molar-refractivity contribution in [2.24, 2.45) is 0 Å². The van der Waals surface area contributed by atoms with E-state index in [4.69, 9.17) is 4.74 Å².